The second-order valence-corrected chi connectivity index (χ2v) is 7.52. The molecule has 0 fully saturated rings. The molecule has 2 aromatic heterocycles. The minimum atomic E-state index is -0.379. The van der Waals surface area contributed by atoms with Gasteiger partial charge in [-0.15, -0.1) is 0 Å². The number of aromatic nitrogens is 3. The third-order valence-electron chi connectivity index (χ3n) is 5.36. The third kappa shape index (κ3) is 3.65. The number of hydrogen-bond acceptors (Lipinski definition) is 3. The van der Waals surface area contributed by atoms with Gasteiger partial charge in [-0.1, -0.05) is 48.5 Å². The van der Waals surface area contributed by atoms with Crippen LogP contribution in [0.4, 0.5) is 10.1 Å². The lowest BCUT2D eigenvalue weighted by molar-refractivity contribution is -0.116. The molecule has 0 spiro atoms. The maximum Gasteiger partial charge on any atom is 0.278 e. The first-order valence-corrected chi connectivity index (χ1v) is 10.2. The summed E-state index contributed by atoms with van der Waals surface area (Å²) < 4.78 is 16.4. The first kappa shape index (κ1) is 19.7. The normalized spacial score (nSPS) is 11.2. The molecule has 7 heteroatoms. The zero-order valence-electron chi connectivity index (χ0n) is 17.0. The topological polar surface area (TPSA) is 68.9 Å². The van der Waals surface area contributed by atoms with Crippen molar-refractivity contribution in [3.8, 4) is 0 Å². The quantitative estimate of drug-likeness (QED) is 0.459. The fourth-order valence-corrected chi connectivity index (χ4v) is 3.88. The van der Waals surface area contributed by atoms with Gasteiger partial charge in [0.15, 0.2) is 0 Å². The Kier molecular flexibility index (Phi) is 4.99. The van der Waals surface area contributed by atoms with Gasteiger partial charge in [-0.3, -0.25) is 14.2 Å². The van der Waals surface area contributed by atoms with E-state index in [1.807, 2.05) is 54.6 Å². The van der Waals surface area contributed by atoms with Crippen LogP contribution in [0.3, 0.4) is 0 Å². The average Bonchev–Trinajstić information content (AvgIpc) is 3.12. The molecule has 0 unspecified atom stereocenters. The van der Waals surface area contributed by atoms with Gasteiger partial charge in [0.2, 0.25) is 5.91 Å². The van der Waals surface area contributed by atoms with Crippen LogP contribution in [0.1, 0.15) is 5.56 Å². The zero-order valence-corrected chi connectivity index (χ0v) is 17.0. The molecular weight excluding hydrogens is 407 g/mol. The van der Waals surface area contributed by atoms with Crippen LogP contribution in [0.2, 0.25) is 0 Å². The van der Waals surface area contributed by atoms with Crippen molar-refractivity contribution in [1.82, 2.24) is 14.1 Å². The van der Waals surface area contributed by atoms with Gasteiger partial charge in [0.05, 0.1) is 18.4 Å². The Morgan fingerprint density at radius 1 is 0.938 bits per heavy atom. The molecule has 32 heavy (non-hydrogen) atoms. The van der Waals surface area contributed by atoms with Gasteiger partial charge >= 0.3 is 0 Å². The number of carbonyl (C=O) groups is 1. The van der Waals surface area contributed by atoms with Crippen LogP contribution in [0.25, 0.3) is 21.9 Å². The second-order valence-electron chi connectivity index (χ2n) is 7.52. The summed E-state index contributed by atoms with van der Waals surface area (Å²) in [6, 6.07) is 22.7. The first-order chi connectivity index (χ1) is 15.6. The zero-order chi connectivity index (χ0) is 22.1. The number of benzene rings is 3. The molecule has 158 valence electrons. The first-order valence-electron chi connectivity index (χ1n) is 10.2. The molecule has 0 bridgehead atoms. The van der Waals surface area contributed by atoms with Crippen LogP contribution in [-0.2, 0) is 17.9 Å². The lowest BCUT2D eigenvalue weighted by Gasteiger charge is -2.10. The standard InChI is InChI=1S/C25H19FN4O2/c26-18-10-12-19(13-11-18)28-22(31)15-30-21-9-5-4-8-20(21)23-24(30)25(32)29(16-27-23)14-17-6-2-1-3-7-17/h1-13,16H,14-15H2,(H,28,31). The molecule has 5 aromatic rings. The van der Waals surface area contributed by atoms with Crippen molar-refractivity contribution >= 4 is 33.5 Å². The predicted molar refractivity (Wildman–Crippen MR) is 122 cm³/mol. The van der Waals surface area contributed by atoms with Crippen molar-refractivity contribution in [2.75, 3.05) is 5.32 Å². The number of amides is 1. The van der Waals surface area contributed by atoms with Gasteiger partial charge in [0, 0.05) is 11.1 Å². The fourth-order valence-electron chi connectivity index (χ4n) is 3.88. The highest BCUT2D eigenvalue weighted by molar-refractivity contribution is 6.06. The second kappa shape index (κ2) is 8.11. The Morgan fingerprint density at radius 3 is 2.44 bits per heavy atom. The van der Waals surface area contributed by atoms with E-state index in [-0.39, 0.29) is 23.8 Å². The smallest absolute Gasteiger partial charge is 0.278 e. The summed E-state index contributed by atoms with van der Waals surface area (Å²) in [4.78, 5) is 30.8. The van der Waals surface area contributed by atoms with E-state index in [0.29, 0.717) is 23.3 Å². The summed E-state index contributed by atoms with van der Waals surface area (Å²) in [5.74, 6) is -0.701. The summed E-state index contributed by atoms with van der Waals surface area (Å²) in [5.41, 5.74) is 2.93. The van der Waals surface area contributed by atoms with Crippen molar-refractivity contribution in [2.24, 2.45) is 0 Å². The van der Waals surface area contributed by atoms with Crippen LogP contribution in [-0.4, -0.2) is 20.0 Å². The molecule has 6 nitrogen and oxygen atoms in total. The maximum atomic E-state index is 13.4. The number of hydrogen-bond donors (Lipinski definition) is 1. The van der Waals surface area contributed by atoms with Crippen LogP contribution in [0.5, 0.6) is 0 Å². The van der Waals surface area contributed by atoms with Gasteiger partial charge in [0.1, 0.15) is 23.4 Å². The highest BCUT2D eigenvalue weighted by Crippen LogP contribution is 2.25. The Labute approximate surface area is 182 Å². The summed E-state index contributed by atoms with van der Waals surface area (Å²) in [7, 11) is 0. The molecule has 0 aliphatic rings. The van der Waals surface area contributed by atoms with Crippen LogP contribution >= 0.6 is 0 Å². The van der Waals surface area contributed by atoms with Crippen LogP contribution < -0.4 is 10.9 Å². The summed E-state index contributed by atoms with van der Waals surface area (Å²) in [6.07, 6.45) is 1.55. The van der Waals surface area contributed by atoms with Gasteiger partial charge in [-0.05, 0) is 35.9 Å². The molecule has 0 atom stereocenters. The molecule has 0 aliphatic heterocycles. The number of fused-ring (bicyclic) bond motifs is 3. The number of nitrogens with one attached hydrogen (secondary N) is 1. The number of rotatable bonds is 5. The highest BCUT2D eigenvalue weighted by Gasteiger charge is 2.18. The van der Waals surface area contributed by atoms with E-state index in [2.05, 4.69) is 10.3 Å². The molecule has 0 saturated carbocycles. The lowest BCUT2D eigenvalue weighted by atomic mass is 10.2. The molecule has 0 saturated heterocycles. The van der Waals surface area contributed by atoms with E-state index in [4.69, 9.17) is 0 Å². The minimum absolute atomic E-state index is 0.0757. The molecule has 1 amide bonds. The van der Waals surface area contributed by atoms with E-state index in [9.17, 15) is 14.0 Å². The molecule has 2 heterocycles. The summed E-state index contributed by atoms with van der Waals surface area (Å²) in [6.45, 7) is 0.305. The monoisotopic (exact) mass is 426 g/mol. The van der Waals surface area contributed by atoms with E-state index in [1.165, 1.54) is 24.3 Å². The number of anilines is 1. The van der Waals surface area contributed by atoms with Gasteiger partial charge < -0.3 is 9.88 Å². The molecule has 1 N–H and O–H groups in total. The number of nitrogens with zero attached hydrogens (tertiary/aromatic N) is 3. The largest absolute Gasteiger partial charge is 0.325 e. The Balaban J connectivity index is 1.58. The van der Waals surface area contributed by atoms with Gasteiger partial charge in [-0.25, -0.2) is 9.37 Å². The van der Waals surface area contributed by atoms with E-state index >= 15 is 0 Å². The fraction of sp³-hybridized carbons (Fsp3) is 0.0800. The molecule has 0 aliphatic carbocycles. The molecule has 3 aromatic carbocycles. The van der Waals surface area contributed by atoms with E-state index < -0.39 is 0 Å². The molecular formula is C25H19FN4O2. The Hall–Kier alpha value is -4.26. The summed E-state index contributed by atoms with van der Waals surface area (Å²) >= 11 is 0. The van der Waals surface area contributed by atoms with Crippen LogP contribution in [0, 0.1) is 5.82 Å². The number of halogens is 1. The van der Waals surface area contributed by atoms with E-state index in [1.54, 1.807) is 15.5 Å². The van der Waals surface area contributed by atoms with E-state index in [0.717, 1.165) is 16.5 Å². The van der Waals surface area contributed by atoms with Crippen LogP contribution in [0.15, 0.2) is 90.0 Å². The highest BCUT2D eigenvalue weighted by atomic mass is 19.1. The number of carbonyl (C=O) groups excluding carboxylic acids is 1. The maximum absolute atomic E-state index is 13.4. The van der Waals surface area contributed by atoms with Crippen molar-refractivity contribution in [3.63, 3.8) is 0 Å². The van der Waals surface area contributed by atoms with Crippen molar-refractivity contribution in [2.45, 2.75) is 13.1 Å². The van der Waals surface area contributed by atoms with Gasteiger partial charge in [-0.2, -0.15) is 0 Å². The Morgan fingerprint density at radius 2 is 1.66 bits per heavy atom. The Bertz CT molecular complexity index is 1490. The molecule has 5 rings (SSSR count). The summed E-state index contributed by atoms with van der Waals surface area (Å²) in [5, 5.41) is 3.56. The minimum Gasteiger partial charge on any atom is -0.325 e. The number of para-hydroxylation sites is 1. The average molecular weight is 426 g/mol. The predicted octanol–water partition coefficient (Wildman–Crippen LogP) is 4.18. The van der Waals surface area contributed by atoms with Gasteiger partial charge in [0.25, 0.3) is 5.56 Å². The SMILES string of the molecule is O=C(Cn1c2ccccc2c2ncn(Cc3ccccc3)c(=O)c21)Nc1ccc(F)cc1. The van der Waals surface area contributed by atoms with Crippen molar-refractivity contribution in [1.29, 1.82) is 0 Å². The molecule has 0 radical (unpaired) electrons. The van der Waals surface area contributed by atoms with Crippen molar-refractivity contribution in [3.05, 3.63) is 107 Å². The third-order valence-corrected chi connectivity index (χ3v) is 5.36. The van der Waals surface area contributed by atoms with Crippen molar-refractivity contribution < 1.29 is 9.18 Å². The lowest BCUT2D eigenvalue weighted by Crippen LogP contribution is -2.25.